The Hall–Kier alpha value is -1.40. The second-order valence-corrected chi connectivity index (χ2v) is 7.10. The van der Waals surface area contributed by atoms with Crippen LogP contribution in [-0.2, 0) is 14.3 Å². The zero-order chi connectivity index (χ0) is 16.4. The van der Waals surface area contributed by atoms with Gasteiger partial charge in [-0.1, -0.05) is 12.5 Å². The second kappa shape index (κ2) is 6.61. The summed E-state index contributed by atoms with van der Waals surface area (Å²) < 4.78 is 5.34. The van der Waals surface area contributed by atoms with E-state index >= 15 is 0 Å². The van der Waals surface area contributed by atoms with E-state index in [1.54, 1.807) is 0 Å². The van der Waals surface area contributed by atoms with E-state index in [4.69, 9.17) is 4.74 Å². The first-order chi connectivity index (χ1) is 11.0. The molecule has 0 aromatic heterocycles. The van der Waals surface area contributed by atoms with Crippen molar-refractivity contribution < 1.29 is 19.4 Å². The number of aliphatic carboxylic acids is 1. The normalized spacial score (nSPS) is 34.2. The molecule has 2 heterocycles. The van der Waals surface area contributed by atoms with Gasteiger partial charge in [-0.25, -0.2) is 0 Å². The zero-order valence-electron chi connectivity index (χ0n) is 13.8. The van der Waals surface area contributed by atoms with Crippen LogP contribution < -0.4 is 0 Å². The largest absolute Gasteiger partial charge is 0.480 e. The van der Waals surface area contributed by atoms with Crippen molar-refractivity contribution >= 4 is 11.9 Å². The molecule has 6 nitrogen and oxygen atoms in total. The number of rotatable bonds is 3. The first-order valence-corrected chi connectivity index (χ1v) is 8.56. The molecule has 23 heavy (non-hydrogen) atoms. The summed E-state index contributed by atoms with van der Waals surface area (Å²) in [4.78, 5) is 27.9. The van der Waals surface area contributed by atoms with Gasteiger partial charge in [0.15, 0.2) is 0 Å². The number of amides is 1. The van der Waals surface area contributed by atoms with E-state index in [2.05, 4.69) is 6.92 Å². The monoisotopic (exact) mass is 322 g/mol. The van der Waals surface area contributed by atoms with Crippen molar-refractivity contribution in [3.63, 3.8) is 0 Å². The van der Waals surface area contributed by atoms with Gasteiger partial charge in [0.1, 0.15) is 5.54 Å². The molecule has 1 amide bonds. The average Bonchev–Trinajstić information content (AvgIpc) is 3.17. The quantitative estimate of drug-likeness (QED) is 0.789. The molecule has 1 aliphatic carbocycles. The number of hydrogen-bond acceptors (Lipinski definition) is 4. The van der Waals surface area contributed by atoms with Crippen molar-refractivity contribution in [1.82, 2.24) is 9.80 Å². The minimum absolute atomic E-state index is 0.0841. The summed E-state index contributed by atoms with van der Waals surface area (Å²) in [5.74, 6) is -0.0404. The maximum absolute atomic E-state index is 12.4. The van der Waals surface area contributed by atoms with E-state index in [1.807, 2.05) is 15.9 Å². The number of carboxylic acids is 1. The third-order valence-electron chi connectivity index (χ3n) is 5.49. The number of piperazine rings is 1. The Kier molecular flexibility index (Phi) is 4.73. The van der Waals surface area contributed by atoms with E-state index < -0.39 is 11.5 Å². The predicted molar refractivity (Wildman–Crippen MR) is 85.1 cm³/mol. The van der Waals surface area contributed by atoms with Crippen molar-refractivity contribution in [1.29, 1.82) is 0 Å². The molecule has 128 valence electrons. The van der Waals surface area contributed by atoms with E-state index in [1.165, 1.54) is 12.0 Å². The molecule has 3 rings (SSSR count). The molecule has 2 unspecified atom stereocenters. The first kappa shape index (κ1) is 16.5. The molecule has 2 atom stereocenters. The number of allylic oxidation sites excluding steroid dienone is 1. The lowest BCUT2D eigenvalue weighted by Crippen LogP contribution is -2.61. The van der Waals surface area contributed by atoms with Crippen LogP contribution in [0.5, 0.6) is 0 Å². The van der Waals surface area contributed by atoms with Gasteiger partial charge in [-0.15, -0.1) is 0 Å². The minimum Gasteiger partial charge on any atom is -0.480 e. The molecule has 6 heteroatoms. The van der Waals surface area contributed by atoms with Gasteiger partial charge in [-0.2, -0.15) is 0 Å². The molecular formula is C17H26N2O4. The topological polar surface area (TPSA) is 70.1 Å². The van der Waals surface area contributed by atoms with Crippen molar-refractivity contribution in [3.05, 3.63) is 11.6 Å². The molecule has 0 bridgehead atoms. The summed E-state index contributed by atoms with van der Waals surface area (Å²) in [5, 5.41) is 9.59. The summed E-state index contributed by atoms with van der Waals surface area (Å²) in [7, 11) is 0. The molecule has 0 aromatic rings. The van der Waals surface area contributed by atoms with Gasteiger partial charge in [-0.05, 0) is 25.2 Å². The molecule has 2 saturated heterocycles. The number of carbonyl (C=O) groups excluding carboxylic acids is 1. The SMILES string of the molecule is CC1CC/C(=C\C(=O)N2CCN(C3(C(=O)O)CCOC3)CC2)C1. The Bertz CT molecular complexity index is 503. The molecule has 3 fully saturated rings. The van der Waals surface area contributed by atoms with E-state index in [0.29, 0.717) is 45.1 Å². The lowest BCUT2D eigenvalue weighted by Gasteiger charge is -2.42. The van der Waals surface area contributed by atoms with Crippen LogP contribution in [0.15, 0.2) is 11.6 Å². The Morgan fingerprint density at radius 2 is 2.04 bits per heavy atom. The zero-order valence-corrected chi connectivity index (χ0v) is 13.8. The van der Waals surface area contributed by atoms with Gasteiger partial charge in [0, 0.05) is 45.3 Å². The Labute approximate surface area is 137 Å². The van der Waals surface area contributed by atoms with Crippen LogP contribution in [0.3, 0.4) is 0 Å². The third-order valence-corrected chi connectivity index (χ3v) is 5.49. The second-order valence-electron chi connectivity index (χ2n) is 7.10. The van der Waals surface area contributed by atoms with Crippen molar-refractivity contribution in [2.24, 2.45) is 5.92 Å². The van der Waals surface area contributed by atoms with Crippen LogP contribution in [0.1, 0.15) is 32.6 Å². The van der Waals surface area contributed by atoms with Gasteiger partial charge < -0.3 is 14.7 Å². The van der Waals surface area contributed by atoms with Crippen LogP contribution in [0.25, 0.3) is 0 Å². The van der Waals surface area contributed by atoms with E-state index in [-0.39, 0.29) is 12.5 Å². The fraction of sp³-hybridized carbons (Fsp3) is 0.765. The third kappa shape index (κ3) is 3.28. The summed E-state index contributed by atoms with van der Waals surface area (Å²) in [6.07, 6.45) is 5.58. The van der Waals surface area contributed by atoms with Crippen LogP contribution in [-0.4, -0.2) is 71.7 Å². The fourth-order valence-corrected chi connectivity index (χ4v) is 3.94. The molecule has 2 aliphatic heterocycles. The number of nitrogens with zero attached hydrogens (tertiary/aromatic N) is 2. The summed E-state index contributed by atoms with van der Waals surface area (Å²) >= 11 is 0. The fourth-order valence-electron chi connectivity index (χ4n) is 3.94. The number of carbonyl (C=O) groups is 2. The highest BCUT2D eigenvalue weighted by Crippen LogP contribution is 2.30. The van der Waals surface area contributed by atoms with Gasteiger partial charge in [0.05, 0.1) is 6.61 Å². The highest BCUT2D eigenvalue weighted by Gasteiger charge is 2.48. The number of hydrogen-bond donors (Lipinski definition) is 1. The van der Waals surface area contributed by atoms with Crippen LogP contribution in [0, 0.1) is 5.92 Å². The lowest BCUT2D eigenvalue weighted by atomic mass is 9.95. The highest BCUT2D eigenvalue weighted by molar-refractivity contribution is 5.88. The standard InChI is InChI=1S/C17H26N2O4/c1-13-2-3-14(10-13)11-15(20)18-5-7-19(8-6-18)17(16(21)22)4-9-23-12-17/h11,13H,2-10,12H2,1H3,(H,21,22)/b14-11+. The van der Waals surface area contributed by atoms with Crippen molar-refractivity contribution in [2.45, 2.75) is 38.1 Å². The maximum atomic E-state index is 12.4. The van der Waals surface area contributed by atoms with Crippen LogP contribution in [0.4, 0.5) is 0 Å². The molecule has 0 radical (unpaired) electrons. The first-order valence-electron chi connectivity index (χ1n) is 8.56. The molecule has 3 aliphatic rings. The van der Waals surface area contributed by atoms with Gasteiger partial charge in [0.25, 0.3) is 0 Å². The number of ether oxygens (including phenoxy) is 1. The Morgan fingerprint density at radius 1 is 1.30 bits per heavy atom. The summed E-state index contributed by atoms with van der Waals surface area (Å²) in [5.41, 5.74) is 0.366. The van der Waals surface area contributed by atoms with E-state index in [9.17, 15) is 14.7 Å². The Balaban J connectivity index is 1.58. The predicted octanol–water partition coefficient (Wildman–Crippen LogP) is 1.12. The van der Waals surface area contributed by atoms with E-state index in [0.717, 1.165) is 12.8 Å². The maximum Gasteiger partial charge on any atom is 0.326 e. The number of carboxylic acid groups (broad SMARTS) is 1. The minimum atomic E-state index is -0.894. The smallest absolute Gasteiger partial charge is 0.326 e. The molecule has 1 saturated carbocycles. The lowest BCUT2D eigenvalue weighted by molar-refractivity contribution is -0.153. The molecule has 0 aromatic carbocycles. The van der Waals surface area contributed by atoms with Gasteiger partial charge in [-0.3, -0.25) is 14.5 Å². The van der Waals surface area contributed by atoms with Crippen LogP contribution >= 0.6 is 0 Å². The molecule has 0 spiro atoms. The Morgan fingerprint density at radius 3 is 2.57 bits per heavy atom. The van der Waals surface area contributed by atoms with Crippen molar-refractivity contribution in [2.75, 3.05) is 39.4 Å². The van der Waals surface area contributed by atoms with Crippen LogP contribution in [0.2, 0.25) is 0 Å². The van der Waals surface area contributed by atoms with Crippen molar-refractivity contribution in [3.8, 4) is 0 Å². The highest BCUT2D eigenvalue weighted by atomic mass is 16.5. The van der Waals surface area contributed by atoms with Gasteiger partial charge >= 0.3 is 5.97 Å². The molecular weight excluding hydrogens is 296 g/mol. The summed E-state index contributed by atoms with van der Waals surface area (Å²) in [6, 6.07) is 0. The van der Waals surface area contributed by atoms with Gasteiger partial charge in [0.2, 0.25) is 5.91 Å². The molecule has 1 N–H and O–H groups in total. The summed E-state index contributed by atoms with van der Waals surface area (Å²) in [6.45, 7) is 5.34. The average molecular weight is 322 g/mol.